The Morgan fingerprint density at radius 3 is 2.89 bits per heavy atom. The smallest absolute Gasteiger partial charge is 0.243 e. The molecule has 3 heterocycles. The Morgan fingerprint density at radius 2 is 2.16 bits per heavy atom. The largest absolute Gasteiger partial charge is 0.338 e. The maximum Gasteiger partial charge on any atom is 0.243 e. The first-order chi connectivity index (χ1) is 9.15. The van der Waals surface area contributed by atoms with Gasteiger partial charge in [0.05, 0.1) is 17.0 Å². The van der Waals surface area contributed by atoms with Gasteiger partial charge in [0.1, 0.15) is 0 Å². The van der Waals surface area contributed by atoms with E-state index in [4.69, 9.17) is 4.52 Å². The highest BCUT2D eigenvalue weighted by Crippen LogP contribution is 2.24. The first-order valence-electron chi connectivity index (χ1n) is 6.92. The molecule has 0 spiro atoms. The van der Waals surface area contributed by atoms with Crippen molar-refractivity contribution in [3.63, 3.8) is 0 Å². The molecule has 2 fully saturated rings. The van der Waals surface area contributed by atoms with E-state index >= 15 is 0 Å². The van der Waals surface area contributed by atoms with E-state index in [1.165, 1.54) is 0 Å². The number of rotatable bonds is 3. The number of aromatic nitrogens is 2. The molecule has 0 radical (unpaired) electrons. The summed E-state index contributed by atoms with van der Waals surface area (Å²) < 4.78 is 29.1. The maximum absolute atomic E-state index is 12.0. The quantitative estimate of drug-likeness (QED) is 0.892. The fourth-order valence-electron chi connectivity index (χ4n) is 2.84. The molecule has 0 aliphatic carbocycles. The molecule has 1 aromatic heterocycles. The van der Waals surface area contributed by atoms with Gasteiger partial charge in [-0.15, -0.1) is 0 Å². The predicted molar refractivity (Wildman–Crippen MR) is 69.4 cm³/mol. The van der Waals surface area contributed by atoms with Crippen LogP contribution in [0.15, 0.2) is 4.52 Å². The second-order valence-electron chi connectivity index (χ2n) is 5.39. The van der Waals surface area contributed by atoms with Crippen LogP contribution >= 0.6 is 0 Å². The lowest BCUT2D eigenvalue weighted by atomic mass is 10.1. The van der Waals surface area contributed by atoms with Crippen molar-refractivity contribution in [2.45, 2.75) is 49.8 Å². The zero-order valence-electron chi connectivity index (χ0n) is 10.8. The molecule has 0 bridgehead atoms. The molecule has 0 aromatic carbocycles. The van der Waals surface area contributed by atoms with Crippen molar-refractivity contribution in [3.05, 3.63) is 11.7 Å². The first kappa shape index (κ1) is 13.1. The monoisotopic (exact) mass is 285 g/mol. The highest BCUT2D eigenvalue weighted by molar-refractivity contribution is 7.92. The Balaban J connectivity index is 1.69. The molecule has 1 N–H and O–H groups in total. The van der Waals surface area contributed by atoms with Crippen LogP contribution in [-0.4, -0.2) is 36.1 Å². The highest BCUT2D eigenvalue weighted by Gasteiger charge is 2.31. The molecule has 106 valence electrons. The van der Waals surface area contributed by atoms with E-state index in [9.17, 15) is 8.42 Å². The van der Waals surface area contributed by atoms with E-state index in [-0.39, 0.29) is 11.3 Å². The molecule has 1 aromatic rings. The molecule has 2 aliphatic rings. The molecular weight excluding hydrogens is 266 g/mol. The van der Waals surface area contributed by atoms with Gasteiger partial charge in [0.2, 0.25) is 5.89 Å². The molecule has 2 saturated heterocycles. The molecule has 3 rings (SSSR count). The molecule has 7 heteroatoms. The third-order valence-electron chi connectivity index (χ3n) is 3.97. The molecular formula is C12H19N3O3S. The van der Waals surface area contributed by atoms with E-state index in [1.807, 2.05) is 0 Å². The van der Waals surface area contributed by atoms with Crippen LogP contribution in [0.3, 0.4) is 0 Å². The Hall–Kier alpha value is -0.950. The summed E-state index contributed by atoms with van der Waals surface area (Å²) in [6.45, 7) is 0.972. The first-order valence-corrected chi connectivity index (χ1v) is 8.64. The van der Waals surface area contributed by atoms with Crippen molar-refractivity contribution < 1.29 is 12.9 Å². The lowest BCUT2D eigenvalue weighted by Gasteiger charge is -2.20. The predicted octanol–water partition coefficient (Wildman–Crippen LogP) is 1.00. The van der Waals surface area contributed by atoms with Crippen molar-refractivity contribution in [1.29, 1.82) is 0 Å². The summed E-state index contributed by atoms with van der Waals surface area (Å²) in [7, 11) is -2.97. The number of hydrogen-bond donors (Lipinski definition) is 1. The summed E-state index contributed by atoms with van der Waals surface area (Å²) in [5, 5.41) is 6.89. The van der Waals surface area contributed by atoms with Gasteiger partial charge in [-0.25, -0.2) is 8.42 Å². The summed E-state index contributed by atoms with van der Waals surface area (Å²) in [6.07, 6.45) is 4.97. The molecule has 6 nitrogen and oxygen atoms in total. The van der Waals surface area contributed by atoms with Gasteiger partial charge in [0, 0.05) is 6.42 Å². The Morgan fingerprint density at radius 1 is 1.26 bits per heavy atom. The topological polar surface area (TPSA) is 85.1 Å². The van der Waals surface area contributed by atoms with Crippen LogP contribution in [0.5, 0.6) is 0 Å². The molecule has 2 atom stereocenters. The van der Waals surface area contributed by atoms with Gasteiger partial charge in [-0.05, 0) is 32.2 Å². The minimum atomic E-state index is -2.97. The van der Waals surface area contributed by atoms with E-state index in [0.717, 1.165) is 32.2 Å². The van der Waals surface area contributed by atoms with Gasteiger partial charge >= 0.3 is 0 Å². The Kier molecular flexibility index (Phi) is 3.58. The third kappa shape index (κ3) is 2.81. The number of nitrogens with one attached hydrogen (secondary N) is 1. The van der Waals surface area contributed by atoms with Gasteiger partial charge in [-0.3, -0.25) is 0 Å². The molecule has 0 saturated carbocycles. The Bertz CT molecular complexity index is 534. The van der Waals surface area contributed by atoms with Crippen LogP contribution in [0.4, 0.5) is 0 Å². The molecule has 2 unspecified atom stereocenters. The van der Waals surface area contributed by atoms with Crippen LogP contribution in [0.1, 0.15) is 49.9 Å². The van der Waals surface area contributed by atoms with Crippen LogP contribution in [0, 0.1) is 0 Å². The van der Waals surface area contributed by atoms with Gasteiger partial charge in [0.25, 0.3) is 0 Å². The lowest BCUT2D eigenvalue weighted by Crippen LogP contribution is -2.30. The van der Waals surface area contributed by atoms with E-state index < -0.39 is 9.84 Å². The summed E-state index contributed by atoms with van der Waals surface area (Å²) >= 11 is 0. The standard InChI is InChI=1S/C12H19N3O3S/c16-19(17)7-2-1-4-9(19)8-11-14-12(18-15-11)10-5-3-6-13-10/h9-10,13H,1-8H2. The third-order valence-corrected chi connectivity index (χ3v) is 6.24. The second-order valence-corrected chi connectivity index (χ2v) is 7.79. The summed E-state index contributed by atoms with van der Waals surface area (Å²) in [6, 6.07) is 0.143. The Labute approximate surface area is 112 Å². The van der Waals surface area contributed by atoms with E-state index in [2.05, 4.69) is 15.5 Å². The van der Waals surface area contributed by atoms with Gasteiger partial charge in [-0.2, -0.15) is 4.98 Å². The number of nitrogens with zero attached hydrogens (tertiary/aromatic N) is 2. The highest BCUT2D eigenvalue weighted by atomic mass is 32.2. The van der Waals surface area contributed by atoms with Crippen molar-refractivity contribution in [1.82, 2.24) is 15.5 Å². The van der Waals surface area contributed by atoms with Gasteiger partial charge in [-0.1, -0.05) is 11.6 Å². The average Bonchev–Trinajstić information content (AvgIpc) is 3.02. The van der Waals surface area contributed by atoms with Crippen molar-refractivity contribution in [2.24, 2.45) is 0 Å². The minimum Gasteiger partial charge on any atom is -0.338 e. The average molecular weight is 285 g/mol. The lowest BCUT2D eigenvalue weighted by molar-refractivity contribution is 0.340. The maximum atomic E-state index is 12.0. The van der Waals surface area contributed by atoms with Crippen LogP contribution < -0.4 is 5.32 Å². The zero-order chi connectivity index (χ0) is 13.3. The van der Waals surface area contributed by atoms with Gasteiger partial charge in [0.15, 0.2) is 15.7 Å². The van der Waals surface area contributed by atoms with Crippen molar-refractivity contribution in [2.75, 3.05) is 12.3 Å². The van der Waals surface area contributed by atoms with Crippen LogP contribution in [0.25, 0.3) is 0 Å². The zero-order valence-corrected chi connectivity index (χ0v) is 11.7. The minimum absolute atomic E-state index is 0.143. The SMILES string of the molecule is O=S1(=O)CCCCC1Cc1noc(C2CCCN2)n1. The summed E-state index contributed by atoms with van der Waals surface area (Å²) in [4.78, 5) is 4.35. The van der Waals surface area contributed by atoms with Crippen molar-refractivity contribution in [3.8, 4) is 0 Å². The van der Waals surface area contributed by atoms with E-state index in [1.54, 1.807) is 0 Å². The van der Waals surface area contributed by atoms with Crippen molar-refractivity contribution >= 4 is 9.84 Å². The van der Waals surface area contributed by atoms with Crippen LogP contribution in [0.2, 0.25) is 0 Å². The second kappa shape index (κ2) is 5.20. The van der Waals surface area contributed by atoms with Crippen LogP contribution in [-0.2, 0) is 16.3 Å². The fourth-order valence-corrected chi connectivity index (χ4v) is 4.71. The number of hydrogen-bond acceptors (Lipinski definition) is 6. The number of sulfone groups is 1. The normalized spacial score (nSPS) is 30.5. The van der Waals surface area contributed by atoms with Gasteiger partial charge < -0.3 is 9.84 Å². The molecule has 19 heavy (non-hydrogen) atoms. The summed E-state index contributed by atoms with van der Waals surface area (Å²) in [5.41, 5.74) is 0. The molecule has 0 amide bonds. The molecule has 2 aliphatic heterocycles. The fraction of sp³-hybridized carbons (Fsp3) is 0.833. The summed E-state index contributed by atoms with van der Waals surface area (Å²) in [5.74, 6) is 1.42. The van der Waals surface area contributed by atoms with E-state index in [0.29, 0.717) is 30.3 Å².